The Bertz CT molecular complexity index is 948. The summed E-state index contributed by atoms with van der Waals surface area (Å²) in [6.07, 6.45) is 1.37. The molecule has 9 nitrogen and oxygen atoms in total. The van der Waals surface area contributed by atoms with Crippen molar-refractivity contribution in [3.63, 3.8) is 0 Å². The van der Waals surface area contributed by atoms with Gasteiger partial charge in [-0.05, 0) is 52.9 Å². The highest BCUT2D eigenvalue weighted by Crippen LogP contribution is 2.17. The monoisotopic (exact) mass is 389 g/mol. The Labute approximate surface area is 156 Å². The van der Waals surface area contributed by atoms with Gasteiger partial charge in [0.05, 0.1) is 11.3 Å². The molecular weight excluding hydrogens is 376 g/mol. The number of aromatic nitrogens is 4. The molecule has 0 spiro atoms. The van der Waals surface area contributed by atoms with Gasteiger partial charge >= 0.3 is 12.6 Å². The van der Waals surface area contributed by atoms with E-state index in [1.165, 1.54) is 47.4 Å². The van der Waals surface area contributed by atoms with Gasteiger partial charge in [0.15, 0.2) is 6.61 Å². The van der Waals surface area contributed by atoms with E-state index in [1.807, 2.05) is 0 Å². The van der Waals surface area contributed by atoms with Crippen LogP contribution in [0.1, 0.15) is 10.4 Å². The van der Waals surface area contributed by atoms with Crippen molar-refractivity contribution < 1.29 is 27.8 Å². The van der Waals surface area contributed by atoms with E-state index in [9.17, 15) is 18.4 Å². The zero-order chi connectivity index (χ0) is 19.9. The number of carbonyl (C=O) groups excluding carboxylic acids is 2. The molecular formula is C17H13F2N5O4. The molecule has 0 unspecified atom stereocenters. The van der Waals surface area contributed by atoms with Crippen molar-refractivity contribution in [3.05, 3.63) is 60.4 Å². The van der Waals surface area contributed by atoms with Crippen molar-refractivity contribution in [3.8, 4) is 11.4 Å². The van der Waals surface area contributed by atoms with Crippen LogP contribution in [0, 0.1) is 0 Å². The lowest BCUT2D eigenvalue weighted by Crippen LogP contribution is -2.21. The number of rotatable bonds is 7. The maximum Gasteiger partial charge on any atom is 0.387 e. The molecule has 0 saturated carbocycles. The first kappa shape index (κ1) is 18.9. The highest BCUT2D eigenvalue weighted by Gasteiger charge is 2.12. The number of anilines is 1. The largest absolute Gasteiger partial charge is 0.452 e. The first-order valence-corrected chi connectivity index (χ1v) is 7.86. The smallest absolute Gasteiger partial charge is 0.387 e. The second-order valence-corrected chi connectivity index (χ2v) is 5.33. The third-order valence-electron chi connectivity index (χ3n) is 3.39. The van der Waals surface area contributed by atoms with Gasteiger partial charge in [0.25, 0.3) is 5.91 Å². The molecule has 1 N–H and O–H groups in total. The fourth-order valence-electron chi connectivity index (χ4n) is 2.19. The molecule has 1 aromatic heterocycles. The molecule has 11 heteroatoms. The number of esters is 1. The van der Waals surface area contributed by atoms with Crippen LogP contribution in [0.25, 0.3) is 5.69 Å². The Morgan fingerprint density at radius 1 is 1.14 bits per heavy atom. The average molecular weight is 389 g/mol. The second-order valence-electron chi connectivity index (χ2n) is 5.33. The van der Waals surface area contributed by atoms with E-state index in [2.05, 4.69) is 25.6 Å². The summed E-state index contributed by atoms with van der Waals surface area (Å²) in [7, 11) is 0. The highest BCUT2D eigenvalue weighted by atomic mass is 19.3. The first-order chi connectivity index (χ1) is 13.5. The van der Waals surface area contributed by atoms with Gasteiger partial charge in [-0.15, -0.1) is 5.10 Å². The van der Waals surface area contributed by atoms with Crippen LogP contribution < -0.4 is 10.1 Å². The third-order valence-corrected chi connectivity index (χ3v) is 3.39. The Morgan fingerprint density at radius 2 is 1.93 bits per heavy atom. The highest BCUT2D eigenvalue weighted by molar-refractivity contribution is 5.95. The van der Waals surface area contributed by atoms with Gasteiger partial charge in [-0.2, -0.15) is 8.78 Å². The minimum Gasteiger partial charge on any atom is -0.452 e. The molecule has 3 rings (SSSR count). The number of amides is 1. The number of ether oxygens (including phenoxy) is 2. The molecule has 0 fully saturated rings. The van der Waals surface area contributed by atoms with Gasteiger partial charge in [0, 0.05) is 5.69 Å². The molecule has 28 heavy (non-hydrogen) atoms. The zero-order valence-electron chi connectivity index (χ0n) is 14.2. The van der Waals surface area contributed by atoms with Crippen LogP contribution in [0.15, 0.2) is 54.9 Å². The Balaban J connectivity index is 1.53. The molecule has 1 heterocycles. The topological polar surface area (TPSA) is 108 Å². The first-order valence-electron chi connectivity index (χ1n) is 7.86. The van der Waals surface area contributed by atoms with Crippen LogP contribution in [0.5, 0.6) is 5.75 Å². The summed E-state index contributed by atoms with van der Waals surface area (Å²) in [6.45, 7) is -3.46. The van der Waals surface area contributed by atoms with Gasteiger partial charge in [0.2, 0.25) is 0 Å². The number of nitrogens with one attached hydrogen (secondary N) is 1. The molecule has 3 aromatic rings. The van der Waals surface area contributed by atoms with Crippen molar-refractivity contribution in [2.24, 2.45) is 0 Å². The Kier molecular flexibility index (Phi) is 5.84. The van der Waals surface area contributed by atoms with Crippen molar-refractivity contribution in [1.29, 1.82) is 0 Å². The zero-order valence-corrected chi connectivity index (χ0v) is 14.2. The minimum atomic E-state index is -2.93. The van der Waals surface area contributed by atoms with Crippen LogP contribution in [-0.2, 0) is 9.53 Å². The van der Waals surface area contributed by atoms with Crippen molar-refractivity contribution in [2.75, 3.05) is 11.9 Å². The van der Waals surface area contributed by atoms with E-state index in [4.69, 9.17) is 4.74 Å². The van der Waals surface area contributed by atoms with Crippen LogP contribution in [0.4, 0.5) is 14.5 Å². The van der Waals surface area contributed by atoms with E-state index in [0.717, 1.165) is 0 Å². The molecule has 0 atom stereocenters. The number of nitrogens with zero attached hydrogens (tertiary/aromatic N) is 4. The maximum atomic E-state index is 12.1. The molecule has 1 amide bonds. The third kappa shape index (κ3) is 5.06. The van der Waals surface area contributed by atoms with Gasteiger partial charge in [-0.25, -0.2) is 9.48 Å². The van der Waals surface area contributed by atoms with Crippen molar-refractivity contribution in [2.45, 2.75) is 6.61 Å². The quantitative estimate of drug-likeness (QED) is 0.616. The van der Waals surface area contributed by atoms with Gasteiger partial charge < -0.3 is 14.8 Å². The van der Waals surface area contributed by atoms with E-state index >= 15 is 0 Å². The van der Waals surface area contributed by atoms with Crippen LogP contribution in [-0.4, -0.2) is 45.3 Å². The van der Waals surface area contributed by atoms with E-state index in [0.29, 0.717) is 11.4 Å². The molecule has 0 aliphatic heterocycles. The van der Waals surface area contributed by atoms with E-state index in [-0.39, 0.29) is 11.3 Å². The number of hydrogen-bond acceptors (Lipinski definition) is 7. The van der Waals surface area contributed by atoms with Crippen LogP contribution >= 0.6 is 0 Å². The molecule has 2 aromatic carbocycles. The summed E-state index contributed by atoms with van der Waals surface area (Å²) >= 11 is 0. The summed E-state index contributed by atoms with van der Waals surface area (Å²) in [6, 6.07) is 11.7. The van der Waals surface area contributed by atoms with E-state index < -0.39 is 25.1 Å². The van der Waals surface area contributed by atoms with E-state index in [1.54, 1.807) is 12.1 Å². The molecule has 144 valence electrons. The lowest BCUT2D eigenvalue weighted by molar-refractivity contribution is -0.119. The van der Waals surface area contributed by atoms with Gasteiger partial charge in [0.1, 0.15) is 12.1 Å². The predicted molar refractivity (Wildman–Crippen MR) is 91.1 cm³/mol. The maximum absolute atomic E-state index is 12.1. The molecule has 0 aliphatic carbocycles. The minimum absolute atomic E-state index is 0.0399. The lowest BCUT2D eigenvalue weighted by atomic mass is 10.2. The van der Waals surface area contributed by atoms with Crippen molar-refractivity contribution in [1.82, 2.24) is 20.2 Å². The normalized spacial score (nSPS) is 10.5. The van der Waals surface area contributed by atoms with Crippen LogP contribution in [0.3, 0.4) is 0 Å². The van der Waals surface area contributed by atoms with Gasteiger partial charge in [-0.3, -0.25) is 4.79 Å². The van der Waals surface area contributed by atoms with Crippen LogP contribution in [0.2, 0.25) is 0 Å². The Morgan fingerprint density at radius 3 is 2.61 bits per heavy atom. The SMILES string of the molecule is O=C(COC(=O)c1cccc(-n2cnnn2)c1)Nc1ccc(OC(F)F)cc1. The average Bonchev–Trinajstić information content (AvgIpc) is 3.22. The number of hydrogen-bond donors (Lipinski definition) is 1. The summed E-state index contributed by atoms with van der Waals surface area (Å²) in [5.41, 5.74) is 1.10. The van der Waals surface area contributed by atoms with Gasteiger partial charge in [-0.1, -0.05) is 6.07 Å². The second kappa shape index (κ2) is 8.66. The number of benzene rings is 2. The number of tetrazole rings is 1. The summed E-state index contributed by atoms with van der Waals surface area (Å²) in [5, 5.41) is 13.2. The molecule has 0 saturated heterocycles. The molecule has 0 bridgehead atoms. The molecule has 0 aliphatic rings. The summed E-state index contributed by atoms with van der Waals surface area (Å²) in [4.78, 5) is 24.0. The number of halogens is 2. The molecule has 0 radical (unpaired) electrons. The standard InChI is InChI=1S/C17H13F2N5O4/c18-17(19)28-14-6-4-12(5-7-14)21-15(25)9-27-16(26)11-2-1-3-13(8-11)24-10-20-22-23-24/h1-8,10,17H,9H2,(H,21,25). The predicted octanol–water partition coefficient (Wildman–Crippen LogP) is 2.06. The number of alkyl halides is 2. The summed E-state index contributed by atoms with van der Waals surface area (Å²) in [5.74, 6) is -1.33. The fourth-order valence-corrected chi connectivity index (χ4v) is 2.19. The lowest BCUT2D eigenvalue weighted by Gasteiger charge is -2.08. The summed E-state index contributed by atoms with van der Waals surface area (Å²) < 4.78 is 34.8. The Hall–Kier alpha value is -3.89. The number of carbonyl (C=O) groups is 2. The fraction of sp³-hybridized carbons (Fsp3) is 0.118. The van der Waals surface area contributed by atoms with Crippen molar-refractivity contribution >= 4 is 17.6 Å².